The van der Waals surface area contributed by atoms with Crippen LogP contribution in [0.3, 0.4) is 0 Å². The van der Waals surface area contributed by atoms with Crippen molar-refractivity contribution in [3.63, 3.8) is 0 Å². The lowest BCUT2D eigenvalue weighted by Gasteiger charge is -2.24. The Hall–Kier alpha value is -3.40. The van der Waals surface area contributed by atoms with Gasteiger partial charge in [0.25, 0.3) is 0 Å². The van der Waals surface area contributed by atoms with Crippen LogP contribution in [0.4, 0.5) is 0 Å². The van der Waals surface area contributed by atoms with E-state index in [9.17, 15) is 24.3 Å². The van der Waals surface area contributed by atoms with Crippen molar-refractivity contribution in [1.82, 2.24) is 15.6 Å². The lowest BCUT2D eigenvalue weighted by atomic mass is 9.98. The highest BCUT2D eigenvalue weighted by Gasteiger charge is 2.31. The maximum atomic E-state index is 12.6. The maximum Gasteiger partial charge on any atom is 0.326 e. The first-order valence-electron chi connectivity index (χ1n) is 10.1. The molecule has 0 radical (unpaired) electrons. The van der Waals surface area contributed by atoms with E-state index < -0.39 is 48.2 Å². The number of rotatable bonds is 11. The van der Waals surface area contributed by atoms with Crippen LogP contribution in [0.2, 0.25) is 0 Å². The van der Waals surface area contributed by atoms with Crippen LogP contribution in [0.1, 0.15) is 32.3 Å². The van der Waals surface area contributed by atoms with Crippen LogP contribution in [0, 0.1) is 5.92 Å². The Bertz CT molecular complexity index is 957. The van der Waals surface area contributed by atoms with Crippen molar-refractivity contribution in [3.8, 4) is 0 Å². The van der Waals surface area contributed by atoms with Gasteiger partial charge in [-0.15, -0.1) is 0 Å². The zero-order valence-electron chi connectivity index (χ0n) is 17.6. The summed E-state index contributed by atoms with van der Waals surface area (Å²) in [6.45, 7) is 3.47. The number of carboxylic acid groups (broad SMARTS) is 1. The van der Waals surface area contributed by atoms with Gasteiger partial charge in [0.2, 0.25) is 17.7 Å². The van der Waals surface area contributed by atoms with Gasteiger partial charge in [-0.2, -0.15) is 0 Å². The van der Waals surface area contributed by atoms with E-state index in [-0.39, 0.29) is 12.3 Å². The second-order valence-electron chi connectivity index (χ2n) is 7.61. The van der Waals surface area contributed by atoms with E-state index in [4.69, 9.17) is 11.5 Å². The van der Waals surface area contributed by atoms with Gasteiger partial charge in [-0.25, -0.2) is 4.79 Å². The number of para-hydroxylation sites is 1. The molecule has 0 saturated heterocycles. The van der Waals surface area contributed by atoms with Gasteiger partial charge in [0.1, 0.15) is 12.1 Å². The van der Waals surface area contributed by atoms with Crippen LogP contribution < -0.4 is 22.1 Å². The molecule has 1 heterocycles. The van der Waals surface area contributed by atoms with Gasteiger partial charge in [0, 0.05) is 17.1 Å². The first kappa shape index (κ1) is 23.9. The number of fused-ring (bicyclic) bond motifs is 1. The molecule has 2 rings (SSSR count). The first-order valence-corrected chi connectivity index (χ1v) is 10.1. The molecule has 168 valence electrons. The highest BCUT2D eigenvalue weighted by atomic mass is 16.4. The molecule has 10 nitrogen and oxygen atoms in total. The zero-order valence-corrected chi connectivity index (χ0v) is 17.6. The SMILES string of the molecule is CCC(C)C(NC(=O)C(CC(N)=O)NC(=O)C(N)Cc1c[nH]c2ccccc12)C(=O)O. The van der Waals surface area contributed by atoms with E-state index in [1.807, 2.05) is 24.3 Å². The molecule has 8 N–H and O–H groups in total. The molecule has 0 aliphatic heterocycles. The number of carbonyl (C=O) groups is 4. The summed E-state index contributed by atoms with van der Waals surface area (Å²) in [7, 11) is 0. The van der Waals surface area contributed by atoms with Gasteiger partial charge in [-0.1, -0.05) is 38.5 Å². The number of carboxylic acids is 1. The number of aromatic nitrogens is 1. The average molecular weight is 431 g/mol. The number of aromatic amines is 1. The van der Waals surface area contributed by atoms with E-state index in [0.29, 0.717) is 6.42 Å². The number of nitrogens with two attached hydrogens (primary N) is 2. The fourth-order valence-electron chi connectivity index (χ4n) is 3.26. The van der Waals surface area contributed by atoms with E-state index in [2.05, 4.69) is 15.6 Å². The van der Waals surface area contributed by atoms with Crippen LogP contribution in [0.15, 0.2) is 30.5 Å². The Morgan fingerprint density at radius 3 is 2.42 bits per heavy atom. The second-order valence-corrected chi connectivity index (χ2v) is 7.61. The van der Waals surface area contributed by atoms with Crippen LogP contribution >= 0.6 is 0 Å². The first-order chi connectivity index (χ1) is 14.6. The second kappa shape index (κ2) is 10.6. The van der Waals surface area contributed by atoms with Gasteiger partial charge >= 0.3 is 5.97 Å². The molecule has 4 atom stereocenters. The Morgan fingerprint density at radius 2 is 1.81 bits per heavy atom. The summed E-state index contributed by atoms with van der Waals surface area (Å²) in [6.07, 6.45) is 1.99. The number of H-pyrrole nitrogens is 1. The average Bonchev–Trinajstić information content (AvgIpc) is 3.13. The third-order valence-corrected chi connectivity index (χ3v) is 5.27. The Labute approximate surface area is 179 Å². The number of carbonyl (C=O) groups excluding carboxylic acids is 3. The van der Waals surface area contributed by atoms with Gasteiger partial charge in [0.15, 0.2) is 0 Å². The van der Waals surface area contributed by atoms with Crippen molar-refractivity contribution in [1.29, 1.82) is 0 Å². The summed E-state index contributed by atoms with van der Waals surface area (Å²) in [5.41, 5.74) is 13.0. The fourth-order valence-corrected chi connectivity index (χ4v) is 3.26. The molecule has 0 aliphatic rings. The standard InChI is InChI=1S/C21H29N5O5/c1-3-11(2)18(21(30)31)26-20(29)16(9-17(23)27)25-19(28)14(22)8-12-10-24-15-7-5-4-6-13(12)15/h4-7,10-11,14,16,18,24H,3,8-9,22H2,1-2H3,(H2,23,27)(H,25,28)(H,26,29)(H,30,31). The summed E-state index contributed by atoms with van der Waals surface area (Å²) >= 11 is 0. The number of primary amides is 1. The molecular formula is C21H29N5O5. The predicted molar refractivity (Wildman–Crippen MR) is 115 cm³/mol. The minimum absolute atomic E-state index is 0.200. The molecular weight excluding hydrogens is 402 g/mol. The molecule has 10 heteroatoms. The predicted octanol–water partition coefficient (Wildman–Crippen LogP) is 0.0134. The number of hydrogen-bond acceptors (Lipinski definition) is 5. The number of nitrogens with one attached hydrogen (secondary N) is 3. The van der Waals surface area contributed by atoms with Crippen molar-refractivity contribution in [3.05, 3.63) is 36.0 Å². The number of aliphatic carboxylic acids is 1. The van der Waals surface area contributed by atoms with Crippen LogP contribution in [-0.2, 0) is 25.6 Å². The van der Waals surface area contributed by atoms with E-state index in [0.717, 1.165) is 16.5 Å². The smallest absolute Gasteiger partial charge is 0.326 e. The Kier molecular flexibility index (Phi) is 8.14. The molecule has 4 unspecified atom stereocenters. The summed E-state index contributed by atoms with van der Waals surface area (Å²) in [4.78, 5) is 51.2. The third kappa shape index (κ3) is 6.29. The van der Waals surface area contributed by atoms with Crippen molar-refractivity contribution in [2.24, 2.45) is 17.4 Å². The highest BCUT2D eigenvalue weighted by Crippen LogP contribution is 2.18. The number of hydrogen-bond donors (Lipinski definition) is 6. The van der Waals surface area contributed by atoms with Crippen molar-refractivity contribution in [2.45, 2.75) is 51.2 Å². The molecule has 1 aromatic heterocycles. The van der Waals surface area contributed by atoms with Crippen LogP contribution in [-0.4, -0.2) is 51.9 Å². The van der Waals surface area contributed by atoms with Gasteiger partial charge < -0.3 is 32.2 Å². The lowest BCUT2D eigenvalue weighted by Crippen LogP contribution is -2.56. The van der Waals surface area contributed by atoms with E-state index >= 15 is 0 Å². The molecule has 0 bridgehead atoms. The molecule has 2 aromatic rings. The molecule has 1 aromatic carbocycles. The number of benzene rings is 1. The normalized spacial score (nSPS) is 14.9. The molecule has 3 amide bonds. The minimum Gasteiger partial charge on any atom is -0.480 e. The molecule has 0 spiro atoms. The van der Waals surface area contributed by atoms with E-state index in [1.54, 1.807) is 20.0 Å². The minimum atomic E-state index is -1.33. The molecule has 0 saturated carbocycles. The summed E-state index contributed by atoms with van der Waals surface area (Å²) in [6, 6.07) is 4.06. The third-order valence-electron chi connectivity index (χ3n) is 5.27. The Morgan fingerprint density at radius 1 is 1.13 bits per heavy atom. The molecule has 0 fully saturated rings. The van der Waals surface area contributed by atoms with Gasteiger partial charge in [-0.05, 0) is 24.0 Å². The van der Waals surface area contributed by atoms with Crippen molar-refractivity contribution in [2.75, 3.05) is 0 Å². The van der Waals surface area contributed by atoms with Gasteiger partial charge in [-0.3, -0.25) is 14.4 Å². The fraction of sp³-hybridized carbons (Fsp3) is 0.429. The van der Waals surface area contributed by atoms with E-state index in [1.165, 1.54) is 0 Å². The molecule has 0 aliphatic carbocycles. The quantitative estimate of drug-likeness (QED) is 0.291. The largest absolute Gasteiger partial charge is 0.480 e. The Balaban J connectivity index is 2.09. The summed E-state index contributed by atoms with van der Waals surface area (Å²) in [5.74, 6) is -3.83. The van der Waals surface area contributed by atoms with Gasteiger partial charge in [0.05, 0.1) is 12.5 Å². The van der Waals surface area contributed by atoms with Crippen molar-refractivity contribution < 1.29 is 24.3 Å². The van der Waals surface area contributed by atoms with Crippen LogP contribution in [0.25, 0.3) is 10.9 Å². The monoisotopic (exact) mass is 431 g/mol. The lowest BCUT2D eigenvalue weighted by molar-refractivity contribution is -0.143. The molecule has 31 heavy (non-hydrogen) atoms. The summed E-state index contributed by atoms with van der Waals surface area (Å²) in [5, 5.41) is 15.1. The van der Waals surface area contributed by atoms with Crippen LogP contribution in [0.5, 0.6) is 0 Å². The zero-order chi connectivity index (χ0) is 23.1. The topological polar surface area (TPSA) is 180 Å². The maximum absolute atomic E-state index is 12.6. The number of amides is 3. The van der Waals surface area contributed by atoms with Crippen molar-refractivity contribution >= 4 is 34.6 Å². The highest BCUT2D eigenvalue weighted by molar-refractivity contribution is 5.95. The summed E-state index contributed by atoms with van der Waals surface area (Å²) < 4.78 is 0.